The number of carbonyl (C=O) groups is 1. The Morgan fingerprint density at radius 2 is 2.37 bits per heavy atom. The number of aliphatic hydroxyl groups is 1. The Bertz CT molecular complexity index is 618. The average molecular weight is 291 g/mol. The molecule has 0 aliphatic carbocycles. The fourth-order valence-corrected chi connectivity index (χ4v) is 3.13. The van der Waals surface area contributed by atoms with E-state index >= 15 is 0 Å². The molecule has 0 radical (unpaired) electrons. The fourth-order valence-electron chi connectivity index (χ4n) is 1.50. The van der Waals surface area contributed by atoms with Crippen molar-refractivity contribution in [3.63, 3.8) is 0 Å². The van der Waals surface area contributed by atoms with Gasteiger partial charge in [-0.25, -0.2) is 0 Å². The molecule has 0 aliphatic rings. The highest BCUT2D eigenvalue weighted by atomic mass is 32.1. The molecule has 2 aromatic rings. The normalized spacial score (nSPS) is 9.79. The Labute approximate surface area is 119 Å². The van der Waals surface area contributed by atoms with Crippen molar-refractivity contribution in [1.29, 1.82) is 0 Å². The molecule has 0 bridgehead atoms. The lowest BCUT2D eigenvalue weighted by Gasteiger charge is -2.00. The van der Waals surface area contributed by atoms with Crippen LogP contribution in [-0.4, -0.2) is 17.6 Å². The molecule has 2 rings (SSSR count). The van der Waals surface area contributed by atoms with Gasteiger partial charge in [0.05, 0.1) is 9.75 Å². The number of amides is 1. The summed E-state index contributed by atoms with van der Waals surface area (Å²) >= 11 is 2.96. The highest BCUT2D eigenvalue weighted by molar-refractivity contribution is 7.14. The molecule has 98 valence electrons. The van der Waals surface area contributed by atoms with E-state index in [0.717, 1.165) is 16.0 Å². The molecule has 0 saturated heterocycles. The van der Waals surface area contributed by atoms with Gasteiger partial charge in [-0.3, -0.25) is 4.79 Å². The lowest BCUT2D eigenvalue weighted by atomic mass is 10.2. The molecule has 2 heterocycles. The predicted molar refractivity (Wildman–Crippen MR) is 78.5 cm³/mol. The number of thiophene rings is 2. The number of hydrogen-bond donors (Lipinski definition) is 2. The molecular formula is C14H13NO2S2. The molecule has 0 atom stereocenters. The Kier molecular flexibility index (Phi) is 4.74. The minimum atomic E-state index is -0.170. The van der Waals surface area contributed by atoms with E-state index in [-0.39, 0.29) is 12.5 Å². The Hall–Kier alpha value is -1.61. The summed E-state index contributed by atoms with van der Waals surface area (Å²) in [6.07, 6.45) is 0. The van der Waals surface area contributed by atoms with Crippen LogP contribution >= 0.6 is 22.7 Å². The van der Waals surface area contributed by atoms with Crippen molar-refractivity contribution in [1.82, 2.24) is 5.32 Å². The zero-order valence-corrected chi connectivity index (χ0v) is 12.0. The van der Waals surface area contributed by atoms with E-state index in [1.165, 1.54) is 11.3 Å². The third-order valence-corrected chi connectivity index (χ3v) is 4.34. The second-order valence-electron chi connectivity index (χ2n) is 3.90. The molecule has 2 N–H and O–H groups in total. The number of aryl methyl sites for hydroxylation is 1. The summed E-state index contributed by atoms with van der Waals surface area (Å²) in [7, 11) is 0. The number of hydrogen-bond acceptors (Lipinski definition) is 4. The van der Waals surface area contributed by atoms with E-state index in [2.05, 4.69) is 17.2 Å². The molecule has 19 heavy (non-hydrogen) atoms. The quantitative estimate of drug-likeness (QED) is 0.853. The summed E-state index contributed by atoms with van der Waals surface area (Å²) in [5.41, 5.74) is 2.07. The first-order chi connectivity index (χ1) is 9.20. The third kappa shape index (κ3) is 3.67. The second-order valence-corrected chi connectivity index (χ2v) is 5.73. The van der Waals surface area contributed by atoms with E-state index in [4.69, 9.17) is 5.11 Å². The Morgan fingerprint density at radius 3 is 3.05 bits per heavy atom. The zero-order valence-electron chi connectivity index (χ0n) is 10.4. The summed E-state index contributed by atoms with van der Waals surface area (Å²) in [5, 5.41) is 15.6. The van der Waals surface area contributed by atoms with Crippen LogP contribution in [0.25, 0.3) is 0 Å². The van der Waals surface area contributed by atoms with Crippen molar-refractivity contribution >= 4 is 28.6 Å². The van der Waals surface area contributed by atoms with Gasteiger partial charge in [-0.15, -0.1) is 11.3 Å². The maximum absolute atomic E-state index is 12.0. The van der Waals surface area contributed by atoms with E-state index < -0.39 is 0 Å². The zero-order chi connectivity index (χ0) is 13.7. The van der Waals surface area contributed by atoms with Crippen molar-refractivity contribution in [2.45, 2.75) is 13.5 Å². The van der Waals surface area contributed by atoms with E-state index in [1.54, 1.807) is 11.3 Å². The van der Waals surface area contributed by atoms with Gasteiger partial charge >= 0.3 is 0 Å². The first-order valence-corrected chi connectivity index (χ1v) is 7.46. The largest absolute Gasteiger partial charge is 0.384 e. The summed E-state index contributed by atoms with van der Waals surface area (Å²) in [6, 6.07) is 3.82. The molecule has 2 aromatic heterocycles. The number of nitrogens with one attached hydrogen (secondary N) is 1. The Balaban J connectivity index is 2.03. The van der Waals surface area contributed by atoms with E-state index in [9.17, 15) is 4.79 Å². The molecule has 1 amide bonds. The van der Waals surface area contributed by atoms with Crippen LogP contribution in [0.2, 0.25) is 0 Å². The second kappa shape index (κ2) is 6.53. The monoisotopic (exact) mass is 291 g/mol. The third-order valence-electron chi connectivity index (χ3n) is 2.46. The van der Waals surface area contributed by atoms with Gasteiger partial charge in [-0.2, -0.15) is 11.3 Å². The summed E-state index contributed by atoms with van der Waals surface area (Å²) in [5.74, 6) is 5.36. The first kappa shape index (κ1) is 13.8. The summed E-state index contributed by atoms with van der Waals surface area (Å²) in [6.45, 7) is 2.28. The van der Waals surface area contributed by atoms with Gasteiger partial charge in [0.15, 0.2) is 0 Å². The molecule has 0 spiro atoms. The van der Waals surface area contributed by atoms with E-state index in [1.807, 2.05) is 29.8 Å². The highest BCUT2D eigenvalue weighted by Gasteiger charge is 2.11. The maximum atomic E-state index is 12.0. The molecule has 0 fully saturated rings. The van der Waals surface area contributed by atoms with E-state index in [0.29, 0.717) is 11.4 Å². The molecule has 5 heteroatoms. The van der Waals surface area contributed by atoms with Gasteiger partial charge in [0.1, 0.15) is 6.61 Å². The molecule has 3 nitrogen and oxygen atoms in total. The number of rotatable bonds is 3. The van der Waals surface area contributed by atoms with Gasteiger partial charge in [0.25, 0.3) is 5.91 Å². The highest BCUT2D eigenvalue weighted by Crippen LogP contribution is 2.21. The minimum absolute atomic E-state index is 0.0867. The predicted octanol–water partition coefficient (Wildman–Crippen LogP) is 2.39. The number of aliphatic hydroxyl groups excluding tert-OH is 1. The van der Waals surface area contributed by atoms with Gasteiger partial charge in [-0.1, -0.05) is 11.8 Å². The van der Waals surface area contributed by atoms with Crippen LogP contribution in [0.1, 0.15) is 25.7 Å². The maximum Gasteiger partial charge on any atom is 0.261 e. The average Bonchev–Trinajstić information content (AvgIpc) is 3.03. The van der Waals surface area contributed by atoms with Crippen molar-refractivity contribution in [2.24, 2.45) is 0 Å². The van der Waals surface area contributed by atoms with Crippen LogP contribution in [0, 0.1) is 18.8 Å². The van der Waals surface area contributed by atoms with Crippen molar-refractivity contribution in [3.8, 4) is 11.8 Å². The first-order valence-electron chi connectivity index (χ1n) is 5.70. The van der Waals surface area contributed by atoms with Gasteiger partial charge in [0, 0.05) is 6.54 Å². The van der Waals surface area contributed by atoms with Crippen molar-refractivity contribution in [2.75, 3.05) is 6.61 Å². The van der Waals surface area contributed by atoms with Crippen LogP contribution in [0.4, 0.5) is 0 Å². The topological polar surface area (TPSA) is 49.3 Å². The van der Waals surface area contributed by atoms with Crippen molar-refractivity contribution < 1.29 is 9.90 Å². The fraction of sp³-hybridized carbons (Fsp3) is 0.214. The lowest BCUT2D eigenvalue weighted by Crippen LogP contribution is -2.21. The van der Waals surface area contributed by atoms with Gasteiger partial charge in [0.2, 0.25) is 0 Å². The van der Waals surface area contributed by atoms with Crippen LogP contribution in [0.15, 0.2) is 22.9 Å². The molecule has 0 unspecified atom stereocenters. The summed E-state index contributed by atoms with van der Waals surface area (Å²) < 4.78 is 0. The van der Waals surface area contributed by atoms with Crippen LogP contribution in [0.5, 0.6) is 0 Å². The van der Waals surface area contributed by atoms with Crippen LogP contribution < -0.4 is 5.32 Å². The van der Waals surface area contributed by atoms with Crippen LogP contribution in [-0.2, 0) is 6.54 Å². The Morgan fingerprint density at radius 1 is 1.53 bits per heavy atom. The van der Waals surface area contributed by atoms with Crippen molar-refractivity contribution in [3.05, 3.63) is 43.8 Å². The number of carbonyl (C=O) groups excluding carboxylic acids is 1. The van der Waals surface area contributed by atoms with Gasteiger partial charge in [-0.05, 0) is 40.9 Å². The smallest absolute Gasteiger partial charge is 0.261 e. The standard InChI is InChI=1S/C14H13NO2S2/c1-10-7-13(19-12(10)3-2-5-16)14(17)15-8-11-4-6-18-9-11/h4,6-7,9,16H,5,8H2,1H3,(H,15,17). The SMILES string of the molecule is Cc1cc(C(=O)NCc2ccsc2)sc1C#CCO. The lowest BCUT2D eigenvalue weighted by molar-refractivity contribution is 0.0955. The summed E-state index contributed by atoms with van der Waals surface area (Å²) in [4.78, 5) is 13.5. The molecule has 0 aliphatic heterocycles. The molecule has 0 saturated carbocycles. The molecule has 0 aromatic carbocycles. The van der Waals surface area contributed by atoms with Crippen LogP contribution in [0.3, 0.4) is 0 Å². The minimum Gasteiger partial charge on any atom is -0.384 e. The molecular weight excluding hydrogens is 278 g/mol. The van der Waals surface area contributed by atoms with Gasteiger partial charge < -0.3 is 10.4 Å².